The van der Waals surface area contributed by atoms with Crippen LogP contribution in [0.25, 0.3) is 0 Å². The van der Waals surface area contributed by atoms with Crippen molar-refractivity contribution in [3.63, 3.8) is 0 Å². The Morgan fingerprint density at radius 2 is 2.20 bits per heavy atom. The zero-order chi connectivity index (χ0) is 14.1. The van der Waals surface area contributed by atoms with Gasteiger partial charge in [-0.3, -0.25) is 4.79 Å². The molecule has 8 nitrogen and oxygen atoms in total. The summed E-state index contributed by atoms with van der Waals surface area (Å²) < 4.78 is 0. The van der Waals surface area contributed by atoms with Crippen molar-refractivity contribution in [2.24, 2.45) is 11.8 Å². The number of hydrogen-bond donors (Lipinski definition) is 3. The Kier molecular flexibility index (Phi) is 3.56. The van der Waals surface area contributed by atoms with Crippen molar-refractivity contribution in [3.05, 3.63) is 0 Å². The number of nitrogens with zero attached hydrogens (tertiary/aromatic N) is 4. The summed E-state index contributed by atoms with van der Waals surface area (Å²) in [6.45, 7) is 0.820. The third-order valence-corrected chi connectivity index (χ3v) is 4.77. The molecule has 1 aromatic heterocycles. The quantitative estimate of drug-likeness (QED) is 0.707. The van der Waals surface area contributed by atoms with Crippen molar-refractivity contribution >= 4 is 11.9 Å². The molecule has 4 atom stereocenters. The lowest BCUT2D eigenvalue weighted by molar-refractivity contribution is -0.141. The van der Waals surface area contributed by atoms with Gasteiger partial charge in [-0.1, -0.05) is 5.10 Å². The highest BCUT2D eigenvalue weighted by Crippen LogP contribution is 2.37. The van der Waals surface area contributed by atoms with E-state index in [2.05, 4.69) is 30.8 Å². The zero-order valence-electron chi connectivity index (χ0n) is 11.5. The maximum absolute atomic E-state index is 11.1. The number of carboxylic acid groups (broad SMARTS) is 1. The molecule has 0 unspecified atom stereocenters. The van der Waals surface area contributed by atoms with Crippen LogP contribution in [0.1, 0.15) is 25.7 Å². The topological polar surface area (TPSA) is 107 Å². The van der Waals surface area contributed by atoms with Crippen molar-refractivity contribution in [1.82, 2.24) is 25.9 Å². The second-order valence-electron chi connectivity index (χ2n) is 5.84. The lowest BCUT2D eigenvalue weighted by atomic mass is 9.71. The molecule has 0 spiro atoms. The molecule has 2 fully saturated rings. The second kappa shape index (κ2) is 5.35. The third kappa shape index (κ3) is 2.47. The summed E-state index contributed by atoms with van der Waals surface area (Å²) in [6, 6.07) is -0.0353. The Balaban J connectivity index is 1.65. The van der Waals surface area contributed by atoms with Gasteiger partial charge in [0.2, 0.25) is 0 Å². The average molecular weight is 280 g/mol. The van der Waals surface area contributed by atoms with Crippen LogP contribution in [-0.4, -0.2) is 57.4 Å². The van der Waals surface area contributed by atoms with Gasteiger partial charge in [0.1, 0.15) is 6.04 Å². The van der Waals surface area contributed by atoms with Gasteiger partial charge in [-0.05, 0) is 49.3 Å². The molecule has 2 heterocycles. The van der Waals surface area contributed by atoms with Crippen LogP contribution in [0.15, 0.2) is 0 Å². The predicted octanol–water partition coefficient (Wildman–Crippen LogP) is -0.133. The first-order valence-corrected chi connectivity index (χ1v) is 7.07. The van der Waals surface area contributed by atoms with E-state index >= 15 is 0 Å². The predicted molar refractivity (Wildman–Crippen MR) is 71.2 cm³/mol. The molecular formula is C12H20N6O2. The van der Waals surface area contributed by atoms with E-state index in [0.717, 1.165) is 32.2 Å². The molecule has 3 rings (SSSR count). The lowest BCUT2D eigenvalue weighted by Gasteiger charge is -2.43. The summed E-state index contributed by atoms with van der Waals surface area (Å²) in [7, 11) is 1.98. The monoisotopic (exact) mass is 280 g/mol. The highest BCUT2D eigenvalue weighted by Gasteiger charge is 2.39. The minimum atomic E-state index is -0.739. The smallest absolute Gasteiger partial charge is 0.320 e. The van der Waals surface area contributed by atoms with E-state index in [1.54, 1.807) is 0 Å². The Morgan fingerprint density at radius 3 is 2.90 bits per heavy atom. The van der Waals surface area contributed by atoms with Gasteiger partial charge in [0, 0.05) is 13.1 Å². The molecule has 8 heteroatoms. The summed E-state index contributed by atoms with van der Waals surface area (Å²) in [5.74, 6) is 0.931. The van der Waals surface area contributed by atoms with E-state index in [9.17, 15) is 4.79 Å². The molecule has 0 bridgehead atoms. The van der Waals surface area contributed by atoms with E-state index < -0.39 is 12.0 Å². The van der Waals surface area contributed by atoms with E-state index in [-0.39, 0.29) is 0 Å². The molecule has 1 saturated heterocycles. The number of tetrazole rings is 1. The largest absolute Gasteiger partial charge is 0.480 e. The SMILES string of the molecule is CN(c1nn[nH]n1)[C@H]1CC[C@H]2CN[C@H](C(=O)O)C[C@@H]2C1. The molecular weight excluding hydrogens is 260 g/mol. The van der Waals surface area contributed by atoms with Crippen LogP contribution in [-0.2, 0) is 4.79 Å². The molecule has 1 aromatic rings. The van der Waals surface area contributed by atoms with Crippen LogP contribution in [0.3, 0.4) is 0 Å². The Bertz CT molecular complexity index is 465. The lowest BCUT2D eigenvalue weighted by Crippen LogP contribution is -2.51. The molecule has 1 aliphatic carbocycles. The number of rotatable bonds is 3. The fourth-order valence-corrected chi connectivity index (χ4v) is 3.55. The normalized spacial score (nSPS) is 33.5. The van der Waals surface area contributed by atoms with Gasteiger partial charge in [0.05, 0.1) is 0 Å². The van der Waals surface area contributed by atoms with E-state index in [1.807, 2.05) is 7.05 Å². The molecule has 1 saturated carbocycles. The molecule has 20 heavy (non-hydrogen) atoms. The van der Waals surface area contributed by atoms with Crippen LogP contribution >= 0.6 is 0 Å². The number of piperidine rings is 1. The number of H-pyrrole nitrogens is 1. The Morgan fingerprint density at radius 1 is 1.35 bits per heavy atom. The minimum absolute atomic E-state index is 0.362. The molecule has 3 N–H and O–H groups in total. The fourth-order valence-electron chi connectivity index (χ4n) is 3.55. The van der Waals surface area contributed by atoms with Crippen molar-refractivity contribution in [2.75, 3.05) is 18.5 Å². The zero-order valence-corrected chi connectivity index (χ0v) is 11.5. The fraction of sp³-hybridized carbons (Fsp3) is 0.833. The van der Waals surface area contributed by atoms with Crippen LogP contribution < -0.4 is 10.2 Å². The summed E-state index contributed by atoms with van der Waals surface area (Å²) >= 11 is 0. The summed E-state index contributed by atoms with van der Waals surface area (Å²) in [6.07, 6.45) is 3.93. The van der Waals surface area contributed by atoms with Crippen LogP contribution in [0.4, 0.5) is 5.95 Å². The van der Waals surface area contributed by atoms with Crippen molar-refractivity contribution in [2.45, 2.75) is 37.8 Å². The van der Waals surface area contributed by atoms with Gasteiger partial charge in [-0.25, -0.2) is 0 Å². The number of aliphatic carboxylic acids is 1. The number of aromatic nitrogens is 4. The number of hydrogen-bond acceptors (Lipinski definition) is 6. The summed E-state index contributed by atoms with van der Waals surface area (Å²) in [5.41, 5.74) is 0. The van der Waals surface area contributed by atoms with Crippen LogP contribution in [0.2, 0.25) is 0 Å². The number of aromatic amines is 1. The number of fused-ring (bicyclic) bond motifs is 1. The van der Waals surface area contributed by atoms with Gasteiger partial charge in [-0.15, -0.1) is 5.10 Å². The van der Waals surface area contributed by atoms with Crippen molar-refractivity contribution in [1.29, 1.82) is 0 Å². The summed E-state index contributed by atoms with van der Waals surface area (Å²) in [4.78, 5) is 13.2. The number of carboxylic acids is 1. The van der Waals surface area contributed by atoms with Gasteiger partial charge in [0.15, 0.2) is 0 Å². The molecule has 0 amide bonds. The van der Waals surface area contributed by atoms with Crippen LogP contribution in [0, 0.1) is 11.8 Å². The second-order valence-corrected chi connectivity index (χ2v) is 5.84. The Labute approximate surface area is 116 Å². The highest BCUT2D eigenvalue weighted by atomic mass is 16.4. The van der Waals surface area contributed by atoms with Crippen LogP contribution in [0.5, 0.6) is 0 Å². The first kappa shape index (κ1) is 13.3. The van der Waals surface area contributed by atoms with Crippen molar-refractivity contribution in [3.8, 4) is 0 Å². The van der Waals surface area contributed by atoms with Gasteiger partial charge < -0.3 is 15.3 Å². The maximum atomic E-state index is 11.1. The van der Waals surface area contributed by atoms with Crippen molar-refractivity contribution < 1.29 is 9.90 Å². The molecule has 1 aliphatic heterocycles. The minimum Gasteiger partial charge on any atom is -0.480 e. The maximum Gasteiger partial charge on any atom is 0.320 e. The summed E-state index contributed by atoms with van der Waals surface area (Å²) in [5, 5.41) is 26.4. The standard InChI is InChI=1S/C12H20N6O2/c1-18(12-14-16-17-15-12)9-3-2-7-6-13-10(11(19)20)5-8(7)4-9/h7-10,13H,2-6H2,1H3,(H,19,20)(H,14,15,16,17)/t7-,8-,9-,10-/m0/s1. The third-order valence-electron chi connectivity index (χ3n) is 4.77. The van der Waals surface area contributed by atoms with Gasteiger partial charge in [0.25, 0.3) is 5.95 Å². The molecule has 110 valence electrons. The Hall–Kier alpha value is -1.70. The first-order valence-electron chi connectivity index (χ1n) is 7.07. The van der Waals surface area contributed by atoms with E-state index in [1.165, 1.54) is 0 Å². The average Bonchev–Trinajstić information content (AvgIpc) is 2.99. The van der Waals surface area contributed by atoms with Gasteiger partial charge >= 0.3 is 5.97 Å². The van der Waals surface area contributed by atoms with Gasteiger partial charge in [-0.2, -0.15) is 5.21 Å². The van der Waals surface area contributed by atoms with E-state index in [0.29, 0.717) is 23.8 Å². The number of anilines is 1. The highest BCUT2D eigenvalue weighted by molar-refractivity contribution is 5.73. The first-order chi connectivity index (χ1) is 9.65. The van der Waals surface area contributed by atoms with E-state index in [4.69, 9.17) is 5.11 Å². The molecule has 2 aliphatic rings. The molecule has 0 radical (unpaired) electrons. The molecule has 0 aromatic carbocycles. The number of nitrogens with one attached hydrogen (secondary N) is 2. The number of carbonyl (C=O) groups is 1.